The van der Waals surface area contributed by atoms with Crippen LogP contribution in [0.15, 0.2) is 30.6 Å². The fourth-order valence-corrected chi connectivity index (χ4v) is 3.25. The first-order valence-electron chi connectivity index (χ1n) is 8.43. The Labute approximate surface area is 140 Å². The number of fused-ring (bicyclic) bond motifs is 1. The predicted octanol–water partition coefficient (Wildman–Crippen LogP) is 3.55. The van der Waals surface area contributed by atoms with Crippen molar-refractivity contribution in [3.63, 3.8) is 0 Å². The van der Waals surface area contributed by atoms with Gasteiger partial charge in [0.1, 0.15) is 5.82 Å². The number of anilines is 2. The zero-order valence-corrected chi connectivity index (χ0v) is 13.7. The SMILES string of the molecule is Cc1ccncc1N1CCc2ccc(F)c(NCC3CC3)c2C1=O. The number of carbonyl (C=O) groups excluding carboxylic acids is 1. The van der Waals surface area contributed by atoms with Crippen molar-refractivity contribution in [1.29, 1.82) is 0 Å². The molecule has 1 fully saturated rings. The second-order valence-electron chi connectivity index (χ2n) is 6.65. The van der Waals surface area contributed by atoms with E-state index in [4.69, 9.17) is 0 Å². The number of aryl methyl sites for hydroxylation is 1. The van der Waals surface area contributed by atoms with E-state index in [0.29, 0.717) is 30.1 Å². The maximum absolute atomic E-state index is 14.4. The van der Waals surface area contributed by atoms with Gasteiger partial charge in [0.25, 0.3) is 5.91 Å². The maximum atomic E-state index is 14.4. The fraction of sp³-hybridized carbons (Fsp3) is 0.368. The molecule has 2 aliphatic rings. The van der Waals surface area contributed by atoms with E-state index in [0.717, 1.165) is 23.4 Å². The third kappa shape index (κ3) is 2.64. The van der Waals surface area contributed by atoms with Gasteiger partial charge in [0, 0.05) is 19.3 Å². The number of halogens is 1. The van der Waals surface area contributed by atoms with Crippen LogP contribution in [0.1, 0.15) is 34.3 Å². The van der Waals surface area contributed by atoms with Gasteiger partial charge in [-0.2, -0.15) is 0 Å². The van der Waals surface area contributed by atoms with Gasteiger partial charge < -0.3 is 10.2 Å². The largest absolute Gasteiger partial charge is 0.382 e. The lowest BCUT2D eigenvalue weighted by molar-refractivity contribution is 0.0981. The van der Waals surface area contributed by atoms with Gasteiger partial charge in [0.05, 0.1) is 23.1 Å². The first-order valence-corrected chi connectivity index (χ1v) is 8.43. The predicted molar refractivity (Wildman–Crippen MR) is 92.0 cm³/mol. The smallest absolute Gasteiger partial charge is 0.260 e. The van der Waals surface area contributed by atoms with Crippen LogP contribution in [0.2, 0.25) is 0 Å². The molecule has 24 heavy (non-hydrogen) atoms. The van der Waals surface area contributed by atoms with E-state index < -0.39 is 0 Å². The molecule has 1 aliphatic carbocycles. The van der Waals surface area contributed by atoms with E-state index in [1.807, 2.05) is 13.0 Å². The molecule has 0 radical (unpaired) electrons. The zero-order valence-electron chi connectivity index (χ0n) is 13.7. The zero-order chi connectivity index (χ0) is 16.7. The first kappa shape index (κ1) is 15.1. The summed E-state index contributed by atoms with van der Waals surface area (Å²) in [6.07, 6.45) is 6.49. The number of rotatable bonds is 4. The van der Waals surface area contributed by atoms with E-state index in [-0.39, 0.29) is 11.7 Å². The molecule has 0 atom stereocenters. The van der Waals surface area contributed by atoms with Gasteiger partial charge >= 0.3 is 0 Å². The van der Waals surface area contributed by atoms with E-state index in [2.05, 4.69) is 10.3 Å². The average Bonchev–Trinajstić information content (AvgIpc) is 3.40. The summed E-state index contributed by atoms with van der Waals surface area (Å²) < 4.78 is 14.4. The van der Waals surface area contributed by atoms with Crippen LogP contribution in [-0.4, -0.2) is 24.0 Å². The van der Waals surface area contributed by atoms with E-state index >= 15 is 0 Å². The van der Waals surface area contributed by atoms with Crippen LogP contribution in [0.5, 0.6) is 0 Å². The Balaban J connectivity index is 1.72. The van der Waals surface area contributed by atoms with Gasteiger partial charge in [-0.1, -0.05) is 6.07 Å². The van der Waals surface area contributed by atoms with Crippen molar-refractivity contribution in [2.45, 2.75) is 26.2 Å². The second kappa shape index (κ2) is 5.89. The standard InChI is InChI=1S/C19H20FN3O/c1-12-6-8-21-11-16(12)23-9-7-14-4-5-15(20)18(17(14)19(23)24)22-10-13-2-3-13/h4-6,8,11,13,22H,2-3,7,9-10H2,1H3. The summed E-state index contributed by atoms with van der Waals surface area (Å²) in [6.45, 7) is 3.27. The van der Waals surface area contributed by atoms with Crippen molar-refractivity contribution in [3.05, 3.63) is 53.1 Å². The minimum atomic E-state index is -0.354. The number of pyridine rings is 1. The molecule has 2 aromatic rings. The van der Waals surface area contributed by atoms with Crippen LogP contribution in [0.3, 0.4) is 0 Å². The number of aromatic nitrogens is 1. The van der Waals surface area contributed by atoms with Crippen LogP contribution in [-0.2, 0) is 6.42 Å². The average molecular weight is 325 g/mol. The second-order valence-corrected chi connectivity index (χ2v) is 6.65. The van der Waals surface area contributed by atoms with Crippen LogP contribution < -0.4 is 10.2 Å². The Morgan fingerprint density at radius 3 is 2.92 bits per heavy atom. The van der Waals surface area contributed by atoms with Gasteiger partial charge in [-0.25, -0.2) is 4.39 Å². The summed E-state index contributed by atoms with van der Waals surface area (Å²) in [4.78, 5) is 18.9. The van der Waals surface area contributed by atoms with Gasteiger partial charge in [0.2, 0.25) is 0 Å². The highest BCUT2D eigenvalue weighted by molar-refractivity contribution is 6.12. The topological polar surface area (TPSA) is 45.2 Å². The first-order chi connectivity index (χ1) is 11.6. The Bertz CT molecular complexity index is 801. The molecule has 1 aromatic heterocycles. The summed E-state index contributed by atoms with van der Waals surface area (Å²) in [5, 5.41) is 3.18. The summed E-state index contributed by atoms with van der Waals surface area (Å²) >= 11 is 0. The Hall–Kier alpha value is -2.43. The minimum Gasteiger partial charge on any atom is -0.382 e. The number of amides is 1. The van der Waals surface area contributed by atoms with Crippen LogP contribution in [0.4, 0.5) is 15.8 Å². The number of hydrogen-bond donors (Lipinski definition) is 1. The highest BCUT2D eigenvalue weighted by atomic mass is 19.1. The molecule has 4 rings (SSSR count). The Kier molecular flexibility index (Phi) is 3.71. The molecule has 4 nitrogen and oxygen atoms in total. The highest BCUT2D eigenvalue weighted by Gasteiger charge is 2.31. The van der Waals surface area contributed by atoms with Crippen LogP contribution in [0, 0.1) is 18.7 Å². The fourth-order valence-electron chi connectivity index (χ4n) is 3.25. The number of carbonyl (C=O) groups is 1. The molecule has 1 N–H and O–H groups in total. The van der Waals surface area contributed by atoms with E-state index in [9.17, 15) is 9.18 Å². The third-order valence-corrected chi connectivity index (χ3v) is 4.87. The van der Waals surface area contributed by atoms with E-state index in [1.54, 1.807) is 23.4 Å². The summed E-state index contributed by atoms with van der Waals surface area (Å²) in [5.74, 6) is 0.105. The third-order valence-electron chi connectivity index (χ3n) is 4.87. The molecule has 5 heteroatoms. The number of nitrogens with zero attached hydrogens (tertiary/aromatic N) is 2. The summed E-state index contributed by atoms with van der Waals surface area (Å²) in [5.41, 5.74) is 3.54. The van der Waals surface area contributed by atoms with Crippen molar-refractivity contribution in [1.82, 2.24) is 4.98 Å². The number of nitrogens with one attached hydrogen (secondary N) is 1. The molecule has 0 spiro atoms. The Morgan fingerprint density at radius 2 is 2.17 bits per heavy atom. The molecule has 124 valence electrons. The lowest BCUT2D eigenvalue weighted by atomic mass is 9.96. The van der Waals surface area contributed by atoms with Gasteiger partial charge in [0.15, 0.2) is 0 Å². The summed E-state index contributed by atoms with van der Waals surface area (Å²) in [7, 11) is 0. The van der Waals surface area contributed by atoms with Crippen LogP contribution in [0.25, 0.3) is 0 Å². The molecular weight excluding hydrogens is 305 g/mol. The molecule has 0 saturated heterocycles. The quantitative estimate of drug-likeness (QED) is 0.935. The van der Waals surface area contributed by atoms with Crippen molar-refractivity contribution < 1.29 is 9.18 Å². The normalized spacial score (nSPS) is 16.9. The van der Waals surface area contributed by atoms with Gasteiger partial charge in [-0.3, -0.25) is 9.78 Å². The number of benzene rings is 1. The molecule has 0 bridgehead atoms. The lowest BCUT2D eigenvalue weighted by Crippen LogP contribution is -2.39. The lowest BCUT2D eigenvalue weighted by Gasteiger charge is -2.31. The molecule has 0 unspecified atom stereocenters. The molecule has 1 aromatic carbocycles. The van der Waals surface area contributed by atoms with Gasteiger partial charge in [-0.15, -0.1) is 0 Å². The van der Waals surface area contributed by atoms with E-state index in [1.165, 1.54) is 18.9 Å². The monoisotopic (exact) mass is 325 g/mol. The van der Waals surface area contributed by atoms with Crippen molar-refractivity contribution >= 4 is 17.3 Å². The minimum absolute atomic E-state index is 0.148. The summed E-state index contributed by atoms with van der Waals surface area (Å²) in [6, 6.07) is 5.08. The van der Waals surface area contributed by atoms with Crippen molar-refractivity contribution in [2.24, 2.45) is 5.92 Å². The highest BCUT2D eigenvalue weighted by Crippen LogP contribution is 2.34. The van der Waals surface area contributed by atoms with Crippen molar-refractivity contribution in [2.75, 3.05) is 23.3 Å². The Morgan fingerprint density at radius 1 is 1.33 bits per heavy atom. The molecular formula is C19H20FN3O. The molecule has 1 aliphatic heterocycles. The van der Waals surface area contributed by atoms with Crippen LogP contribution >= 0.6 is 0 Å². The van der Waals surface area contributed by atoms with Gasteiger partial charge in [-0.05, 0) is 55.4 Å². The maximum Gasteiger partial charge on any atom is 0.260 e. The number of hydrogen-bond acceptors (Lipinski definition) is 3. The van der Waals surface area contributed by atoms with Crippen molar-refractivity contribution in [3.8, 4) is 0 Å². The molecule has 1 saturated carbocycles. The molecule has 1 amide bonds. The molecule has 2 heterocycles.